The maximum atomic E-state index is 12.7. The molecule has 0 aliphatic carbocycles. The summed E-state index contributed by atoms with van der Waals surface area (Å²) in [6, 6.07) is 9.40. The largest absolute Gasteiger partial charge is 0.507 e. The van der Waals surface area contributed by atoms with Crippen LogP contribution < -0.4 is 0 Å². The van der Waals surface area contributed by atoms with E-state index in [9.17, 15) is 9.90 Å². The third-order valence-electron chi connectivity index (χ3n) is 4.32. The molecule has 0 saturated heterocycles. The lowest BCUT2D eigenvalue weighted by Crippen LogP contribution is -2.27. The van der Waals surface area contributed by atoms with Crippen molar-refractivity contribution in [1.29, 1.82) is 0 Å². The lowest BCUT2D eigenvalue weighted by atomic mass is 10.00. The number of amides is 1. The Bertz CT molecular complexity index is 745. The number of phenolic OH excluding ortho intramolecular Hbond substituents is 1. The zero-order chi connectivity index (χ0) is 18.0. The van der Waals surface area contributed by atoms with Gasteiger partial charge >= 0.3 is 0 Å². The summed E-state index contributed by atoms with van der Waals surface area (Å²) < 4.78 is 1.04. The van der Waals surface area contributed by atoms with Gasteiger partial charge in [-0.3, -0.25) is 4.79 Å². The molecule has 0 aliphatic heterocycles. The average Bonchev–Trinajstić information content (AvgIpc) is 2.49. The van der Waals surface area contributed by atoms with Gasteiger partial charge in [-0.15, -0.1) is 0 Å². The van der Waals surface area contributed by atoms with Crippen molar-refractivity contribution in [2.45, 2.75) is 40.2 Å². The van der Waals surface area contributed by atoms with Crippen LogP contribution in [0.5, 0.6) is 5.75 Å². The Balaban J connectivity index is 2.25. The maximum absolute atomic E-state index is 12.7. The van der Waals surface area contributed by atoms with E-state index in [2.05, 4.69) is 41.9 Å². The Morgan fingerprint density at radius 1 is 1.17 bits per heavy atom. The van der Waals surface area contributed by atoms with E-state index in [0.29, 0.717) is 18.0 Å². The predicted octanol–water partition coefficient (Wildman–Crippen LogP) is 5.17. The summed E-state index contributed by atoms with van der Waals surface area (Å²) in [5, 5.41) is 10.2. The molecule has 0 radical (unpaired) electrons. The molecule has 0 saturated carbocycles. The van der Waals surface area contributed by atoms with E-state index in [0.717, 1.165) is 26.7 Å². The summed E-state index contributed by atoms with van der Waals surface area (Å²) >= 11 is 3.49. The molecule has 0 aromatic heterocycles. The molecule has 3 nitrogen and oxygen atoms in total. The van der Waals surface area contributed by atoms with Gasteiger partial charge < -0.3 is 10.0 Å². The van der Waals surface area contributed by atoms with Gasteiger partial charge in [0, 0.05) is 18.1 Å². The molecule has 2 aromatic rings. The molecular formula is C20H24BrNO2. The van der Waals surface area contributed by atoms with E-state index >= 15 is 0 Å². The Labute approximate surface area is 152 Å². The highest BCUT2D eigenvalue weighted by atomic mass is 79.9. The number of hydrogen-bond acceptors (Lipinski definition) is 2. The van der Waals surface area contributed by atoms with Crippen molar-refractivity contribution in [3.63, 3.8) is 0 Å². The van der Waals surface area contributed by atoms with Crippen molar-refractivity contribution >= 4 is 21.8 Å². The smallest absolute Gasteiger partial charge is 0.257 e. The van der Waals surface area contributed by atoms with E-state index in [-0.39, 0.29) is 11.7 Å². The number of carbonyl (C=O) groups excluding carboxylic acids is 1. The maximum Gasteiger partial charge on any atom is 0.257 e. The van der Waals surface area contributed by atoms with Gasteiger partial charge in [0.15, 0.2) is 0 Å². The lowest BCUT2D eigenvalue weighted by molar-refractivity contribution is 0.0781. The number of hydrogen-bond donors (Lipinski definition) is 1. The van der Waals surface area contributed by atoms with Gasteiger partial charge in [-0.2, -0.15) is 0 Å². The van der Waals surface area contributed by atoms with Gasteiger partial charge in [0.25, 0.3) is 5.91 Å². The van der Waals surface area contributed by atoms with Gasteiger partial charge in [0.2, 0.25) is 0 Å². The third kappa shape index (κ3) is 3.99. The van der Waals surface area contributed by atoms with E-state index < -0.39 is 0 Å². The number of rotatable bonds is 4. The first kappa shape index (κ1) is 18.5. The fraction of sp³-hybridized carbons (Fsp3) is 0.350. The molecule has 1 N–H and O–H groups in total. The minimum atomic E-state index is -0.176. The molecule has 0 aliphatic rings. The van der Waals surface area contributed by atoms with Gasteiger partial charge in [-0.25, -0.2) is 0 Å². The Hall–Kier alpha value is -1.81. The second kappa shape index (κ2) is 7.39. The van der Waals surface area contributed by atoms with Crippen molar-refractivity contribution in [2.75, 3.05) is 7.05 Å². The van der Waals surface area contributed by atoms with Crippen LogP contribution in [0.3, 0.4) is 0 Å². The van der Waals surface area contributed by atoms with Crippen molar-refractivity contribution in [3.8, 4) is 5.75 Å². The van der Waals surface area contributed by atoms with Crippen molar-refractivity contribution in [1.82, 2.24) is 4.90 Å². The second-order valence-electron chi connectivity index (χ2n) is 6.61. The summed E-state index contributed by atoms with van der Waals surface area (Å²) in [6.07, 6.45) is 0. The van der Waals surface area contributed by atoms with Crippen LogP contribution in [-0.4, -0.2) is 23.0 Å². The number of halogens is 1. The van der Waals surface area contributed by atoms with Crippen molar-refractivity contribution < 1.29 is 9.90 Å². The molecule has 128 valence electrons. The van der Waals surface area contributed by atoms with E-state index in [1.165, 1.54) is 0 Å². The molecule has 0 bridgehead atoms. The van der Waals surface area contributed by atoms with Crippen LogP contribution in [0.25, 0.3) is 0 Å². The van der Waals surface area contributed by atoms with Crippen LogP contribution in [-0.2, 0) is 6.54 Å². The first-order valence-electron chi connectivity index (χ1n) is 8.04. The molecule has 0 unspecified atom stereocenters. The molecule has 2 aromatic carbocycles. The summed E-state index contributed by atoms with van der Waals surface area (Å²) in [4.78, 5) is 14.3. The molecular weight excluding hydrogens is 366 g/mol. The zero-order valence-corrected chi connectivity index (χ0v) is 16.4. The third-order valence-corrected chi connectivity index (χ3v) is 4.78. The average molecular weight is 390 g/mol. The highest BCUT2D eigenvalue weighted by Crippen LogP contribution is 2.26. The van der Waals surface area contributed by atoms with Gasteiger partial charge in [-0.05, 0) is 66.3 Å². The number of aryl methyl sites for hydroxylation is 2. The van der Waals surface area contributed by atoms with E-state index in [4.69, 9.17) is 0 Å². The van der Waals surface area contributed by atoms with Crippen molar-refractivity contribution in [2.24, 2.45) is 0 Å². The highest BCUT2D eigenvalue weighted by molar-refractivity contribution is 9.10. The molecule has 0 spiro atoms. The highest BCUT2D eigenvalue weighted by Gasteiger charge is 2.18. The fourth-order valence-electron chi connectivity index (χ4n) is 2.79. The molecule has 0 atom stereocenters. The summed E-state index contributed by atoms with van der Waals surface area (Å²) in [6.45, 7) is 8.71. The molecule has 4 heteroatoms. The predicted molar refractivity (Wildman–Crippen MR) is 102 cm³/mol. The number of nitrogens with zero attached hydrogens (tertiary/aromatic N) is 1. The topological polar surface area (TPSA) is 40.5 Å². The molecule has 0 heterocycles. The van der Waals surface area contributed by atoms with Crippen LogP contribution in [0.4, 0.5) is 0 Å². The first-order valence-corrected chi connectivity index (χ1v) is 8.84. The normalized spacial score (nSPS) is 11.0. The minimum absolute atomic E-state index is 0.0438. The second-order valence-corrected chi connectivity index (χ2v) is 7.53. The van der Waals surface area contributed by atoms with Gasteiger partial charge in [-0.1, -0.05) is 35.8 Å². The van der Waals surface area contributed by atoms with E-state index in [1.54, 1.807) is 24.1 Å². The SMILES string of the molecule is Cc1cc(Br)cc(C)c1CN(C)C(=O)c1ccc(C(C)C)cc1O. The minimum Gasteiger partial charge on any atom is -0.507 e. The number of phenols is 1. The number of carbonyl (C=O) groups is 1. The van der Waals surface area contributed by atoms with Crippen LogP contribution in [0.15, 0.2) is 34.8 Å². The molecule has 2 rings (SSSR count). The van der Waals surface area contributed by atoms with Gasteiger partial charge in [0.1, 0.15) is 5.75 Å². The summed E-state index contributed by atoms with van der Waals surface area (Å²) in [5.41, 5.74) is 4.77. The van der Waals surface area contributed by atoms with Crippen LogP contribution in [0, 0.1) is 13.8 Å². The molecule has 0 fully saturated rings. The quantitative estimate of drug-likeness (QED) is 0.783. The van der Waals surface area contributed by atoms with Crippen LogP contribution >= 0.6 is 15.9 Å². The number of aromatic hydroxyl groups is 1. The molecule has 1 amide bonds. The first-order chi connectivity index (χ1) is 11.2. The lowest BCUT2D eigenvalue weighted by Gasteiger charge is -2.21. The fourth-order valence-corrected chi connectivity index (χ4v) is 3.48. The Kier molecular flexibility index (Phi) is 5.70. The van der Waals surface area contributed by atoms with Crippen LogP contribution in [0.2, 0.25) is 0 Å². The standard InChI is InChI=1S/C20H24BrNO2/c1-12(2)15-6-7-17(19(23)10-15)20(24)22(5)11-18-13(3)8-16(21)9-14(18)4/h6-10,12,23H,11H2,1-5H3. The van der Waals surface area contributed by atoms with Crippen LogP contribution in [0.1, 0.15) is 52.4 Å². The number of benzene rings is 2. The Morgan fingerprint density at radius 3 is 2.25 bits per heavy atom. The van der Waals surface area contributed by atoms with Gasteiger partial charge in [0.05, 0.1) is 5.56 Å². The molecule has 24 heavy (non-hydrogen) atoms. The monoisotopic (exact) mass is 389 g/mol. The summed E-state index contributed by atoms with van der Waals surface area (Å²) in [7, 11) is 1.76. The zero-order valence-electron chi connectivity index (χ0n) is 14.9. The Morgan fingerprint density at radius 2 is 1.75 bits per heavy atom. The van der Waals surface area contributed by atoms with Crippen molar-refractivity contribution in [3.05, 3.63) is 62.6 Å². The summed E-state index contributed by atoms with van der Waals surface area (Å²) in [5.74, 6) is 0.178. The van der Waals surface area contributed by atoms with E-state index in [1.807, 2.05) is 19.9 Å².